The van der Waals surface area contributed by atoms with E-state index in [0.29, 0.717) is 15.6 Å². The molecule has 0 amide bonds. The molecule has 1 fully saturated rings. The van der Waals surface area contributed by atoms with Gasteiger partial charge in [-0.15, -0.1) is 0 Å². The molecule has 156 valence electrons. The minimum atomic E-state index is -3.96. The standard InChI is InChI=1S/C18H19Cl2N3O5S/c1-12(15-4-2-13(19)10-16(15)20)21-17-5-3-14(23(24)25)11-18(17)29(26,27)22-6-8-28-9-7-22/h2-5,10-12,21H,6-9H2,1H3/t12-/m0/s1. The van der Waals surface area contributed by atoms with Gasteiger partial charge in [-0.2, -0.15) is 4.31 Å². The van der Waals surface area contributed by atoms with Crippen LogP contribution < -0.4 is 5.32 Å². The van der Waals surface area contributed by atoms with Gasteiger partial charge in [0.15, 0.2) is 0 Å². The highest BCUT2D eigenvalue weighted by atomic mass is 35.5. The Balaban J connectivity index is 2.00. The summed E-state index contributed by atoms with van der Waals surface area (Å²) in [6, 6.07) is 8.37. The van der Waals surface area contributed by atoms with E-state index in [4.69, 9.17) is 27.9 Å². The summed E-state index contributed by atoms with van der Waals surface area (Å²) in [6.07, 6.45) is 0. The maximum atomic E-state index is 13.2. The van der Waals surface area contributed by atoms with Gasteiger partial charge in [0.25, 0.3) is 5.69 Å². The predicted octanol–water partition coefficient (Wildman–Crippen LogP) is 4.10. The van der Waals surface area contributed by atoms with Crippen molar-refractivity contribution < 1.29 is 18.1 Å². The summed E-state index contributed by atoms with van der Waals surface area (Å²) in [5.41, 5.74) is 0.657. The number of benzene rings is 2. The van der Waals surface area contributed by atoms with Gasteiger partial charge in [-0.05, 0) is 30.7 Å². The number of nitrogens with one attached hydrogen (secondary N) is 1. The molecule has 0 saturated carbocycles. The average molecular weight is 460 g/mol. The van der Waals surface area contributed by atoms with Crippen molar-refractivity contribution in [2.45, 2.75) is 17.9 Å². The van der Waals surface area contributed by atoms with Crippen molar-refractivity contribution in [3.8, 4) is 0 Å². The number of morpholine rings is 1. The number of anilines is 1. The van der Waals surface area contributed by atoms with Gasteiger partial charge < -0.3 is 10.1 Å². The van der Waals surface area contributed by atoms with Gasteiger partial charge in [-0.25, -0.2) is 8.42 Å². The summed E-state index contributed by atoms with van der Waals surface area (Å²) in [7, 11) is -3.96. The molecule has 0 spiro atoms. The van der Waals surface area contributed by atoms with Crippen LogP contribution in [0.3, 0.4) is 0 Å². The first-order valence-corrected chi connectivity index (χ1v) is 11.0. The van der Waals surface area contributed by atoms with Crippen LogP contribution in [-0.4, -0.2) is 43.9 Å². The summed E-state index contributed by atoms with van der Waals surface area (Å²) < 4.78 is 32.8. The highest BCUT2D eigenvalue weighted by Gasteiger charge is 2.31. The molecule has 0 radical (unpaired) electrons. The van der Waals surface area contributed by atoms with Gasteiger partial charge >= 0.3 is 0 Å². The minimum absolute atomic E-state index is 0.162. The van der Waals surface area contributed by atoms with Crippen LogP contribution in [0.15, 0.2) is 41.3 Å². The fourth-order valence-electron chi connectivity index (χ4n) is 3.05. The molecule has 1 saturated heterocycles. The molecule has 0 bridgehead atoms. The third-order valence-corrected chi connectivity index (χ3v) is 7.07. The van der Waals surface area contributed by atoms with Crippen molar-refractivity contribution in [2.24, 2.45) is 0 Å². The maximum Gasteiger partial charge on any atom is 0.270 e. The smallest absolute Gasteiger partial charge is 0.270 e. The van der Waals surface area contributed by atoms with Crippen molar-refractivity contribution in [3.05, 3.63) is 62.1 Å². The number of nitro groups is 1. The summed E-state index contributed by atoms with van der Waals surface area (Å²) in [5, 5.41) is 15.2. The first kappa shape index (κ1) is 21.8. The van der Waals surface area contributed by atoms with Crippen molar-refractivity contribution in [3.63, 3.8) is 0 Å². The number of non-ortho nitro benzene ring substituents is 1. The Hall–Kier alpha value is -1.91. The van der Waals surface area contributed by atoms with E-state index in [1.165, 1.54) is 16.4 Å². The van der Waals surface area contributed by atoms with E-state index in [2.05, 4.69) is 5.32 Å². The Kier molecular flexibility index (Phi) is 6.65. The molecule has 2 aromatic rings. The van der Waals surface area contributed by atoms with Gasteiger partial charge in [0.1, 0.15) is 4.90 Å². The molecular formula is C18H19Cl2N3O5S. The number of nitro benzene ring substituents is 1. The zero-order valence-electron chi connectivity index (χ0n) is 15.5. The van der Waals surface area contributed by atoms with E-state index in [1.54, 1.807) is 18.2 Å². The third-order valence-electron chi connectivity index (χ3n) is 4.56. The molecule has 1 N–H and O–H groups in total. The topological polar surface area (TPSA) is 102 Å². The van der Waals surface area contributed by atoms with E-state index >= 15 is 0 Å². The summed E-state index contributed by atoms with van der Waals surface area (Å²) in [5.74, 6) is 0. The van der Waals surface area contributed by atoms with E-state index in [1.807, 2.05) is 6.92 Å². The lowest BCUT2D eigenvalue weighted by Crippen LogP contribution is -2.40. The molecule has 8 nitrogen and oxygen atoms in total. The quantitative estimate of drug-likeness (QED) is 0.515. The largest absolute Gasteiger partial charge is 0.379 e. The Morgan fingerprint density at radius 2 is 1.86 bits per heavy atom. The lowest BCUT2D eigenvalue weighted by molar-refractivity contribution is -0.385. The van der Waals surface area contributed by atoms with Crippen LogP contribution in [0.1, 0.15) is 18.5 Å². The van der Waals surface area contributed by atoms with E-state index in [0.717, 1.165) is 6.07 Å². The Morgan fingerprint density at radius 3 is 2.48 bits per heavy atom. The second kappa shape index (κ2) is 8.85. The van der Waals surface area contributed by atoms with Gasteiger partial charge in [0, 0.05) is 35.3 Å². The Morgan fingerprint density at radius 1 is 1.17 bits per heavy atom. The van der Waals surface area contributed by atoms with Crippen LogP contribution in [0.5, 0.6) is 0 Å². The molecule has 0 unspecified atom stereocenters. The fraction of sp³-hybridized carbons (Fsp3) is 0.333. The molecule has 3 rings (SSSR count). The van der Waals surface area contributed by atoms with Gasteiger partial charge in [0.2, 0.25) is 10.0 Å². The average Bonchev–Trinajstić information content (AvgIpc) is 2.68. The summed E-state index contributed by atoms with van der Waals surface area (Å²) >= 11 is 12.2. The molecule has 1 aliphatic rings. The molecule has 0 aliphatic carbocycles. The first-order chi connectivity index (χ1) is 13.7. The number of ether oxygens (including phenoxy) is 1. The zero-order valence-corrected chi connectivity index (χ0v) is 17.8. The number of nitrogens with zero attached hydrogens (tertiary/aromatic N) is 2. The second-order valence-electron chi connectivity index (χ2n) is 6.49. The SMILES string of the molecule is C[C@H](Nc1ccc([N+](=O)[O-])cc1S(=O)(=O)N1CCOCC1)c1ccc(Cl)cc1Cl. The molecule has 2 aromatic carbocycles. The second-order valence-corrected chi connectivity index (χ2v) is 9.24. The molecule has 0 aromatic heterocycles. The highest BCUT2D eigenvalue weighted by Crippen LogP contribution is 2.34. The van der Waals surface area contributed by atoms with Gasteiger partial charge in [-0.1, -0.05) is 29.3 Å². The van der Waals surface area contributed by atoms with Crippen molar-refractivity contribution in [2.75, 3.05) is 31.6 Å². The molecular weight excluding hydrogens is 441 g/mol. The predicted molar refractivity (Wildman–Crippen MR) is 111 cm³/mol. The normalized spacial score (nSPS) is 16.4. The van der Waals surface area contributed by atoms with Crippen LogP contribution >= 0.6 is 23.2 Å². The lowest BCUT2D eigenvalue weighted by Gasteiger charge is -2.27. The maximum absolute atomic E-state index is 13.2. The summed E-state index contributed by atoms with van der Waals surface area (Å²) in [6.45, 7) is 2.72. The van der Waals surface area contributed by atoms with Crippen molar-refractivity contribution in [1.82, 2.24) is 4.31 Å². The third kappa shape index (κ3) is 4.81. The van der Waals surface area contributed by atoms with Crippen molar-refractivity contribution >= 4 is 44.6 Å². The van der Waals surface area contributed by atoms with Crippen LogP contribution in [0.4, 0.5) is 11.4 Å². The van der Waals surface area contributed by atoms with Gasteiger partial charge in [0.05, 0.1) is 29.9 Å². The van der Waals surface area contributed by atoms with E-state index in [-0.39, 0.29) is 48.6 Å². The molecule has 29 heavy (non-hydrogen) atoms. The zero-order chi connectivity index (χ0) is 21.2. The number of sulfonamides is 1. The molecule has 1 heterocycles. The Bertz CT molecular complexity index is 1030. The summed E-state index contributed by atoms with van der Waals surface area (Å²) in [4.78, 5) is 10.4. The van der Waals surface area contributed by atoms with Crippen LogP contribution in [0, 0.1) is 10.1 Å². The monoisotopic (exact) mass is 459 g/mol. The minimum Gasteiger partial charge on any atom is -0.379 e. The first-order valence-electron chi connectivity index (χ1n) is 8.78. The molecule has 1 atom stereocenters. The number of rotatable bonds is 6. The van der Waals surface area contributed by atoms with Crippen LogP contribution in [0.25, 0.3) is 0 Å². The molecule has 1 aliphatic heterocycles. The van der Waals surface area contributed by atoms with E-state index in [9.17, 15) is 18.5 Å². The number of hydrogen-bond acceptors (Lipinski definition) is 6. The van der Waals surface area contributed by atoms with Crippen molar-refractivity contribution in [1.29, 1.82) is 0 Å². The highest BCUT2D eigenvalue weighted by molar-refractivity contribution is 7.89. The number of halogens is 2. The van der Waals surface area contributed by atoms with E-state index < -0.39 is 14.9 Å². The number of hydrogen-bond donors (Lipinski definition) is 1. The van der Waals surface area contributed by atoms with Gasteiger partial charge in [-0.3, -0.25) is 10.1 Å². The fourth-order valence-corrected chi connectivity index (χ4v) is 5.20. The molecule has 11 heteroatoms. The van der Waals surface area contributed by atoms with Crippen LogP contribution in [0.2, 0.25) is 10.0 Å². The Labute approximate surface area is 178 Å². The van der Waals surface area contributed by atoms with Crippen LogP contribution in [-0.2, 0) is 14.8 Å². The lowest BCUT2D eigenvalue weighted by atomic mass is 10.1.